The van der Waals surface area contributed by atoms with Gasteiger partial charge in [-0.3, -0.25) is 4.90 Å². The number of likely N-dealkylation sites (tertiary alicyclic amines) is 1. The Morgan fingerprint density at radius 3 is 2.74 bits per heavy atom. The highest BCUT2D eigenvalue weighted by molar-refractivity contribution is 4.95. The molecule has 0 bridgehead atoms. The molecule has 2 heterocycles. The van der Waals surface area contributed by atoms with Crippen molar-refractivity contribution in [3.8, 4) is 0 Å². The lowest BCUT2D eigenvalue weighted by Crippen LogP contribution is -2.49. The predicted octanol–water partition coefficient (Wildman–Crippen LogP) is 2.27. The molecule has 110 valence electrons. The second-order valence-corrected chi connectivity index (χ2v) is 7.01. The number of nitrogens with zero attached hydrogens (tertiary/aromatic N) is 1. The molecule has 2 atom stereocenters. The Labute approximate surface area is 118 Å². The Bertz CT molecular complexity index is 283. The first kappa shape index (κ1) is 13.8. The Morgan fingerprint density at radius 1 is 1.16 bits per heavy atom. The molecule has 19 heavy (non-hydrogen) atoms. The minimum absolute atomic E-state index is 0.472. The highest BCUT2D eigenvalue weighted by atomic mass is 16.5. The van der Waals surface area contributed by atoms with Crippen molar-refractivity contribution in [2.45, 2.75) is 51.0 Å². The second-order valence-electron chi connectivity index (χ2n) is 7.01. The highest BCUT2D eigenvalue weighted by Gasteiger charge is 2.41. The molecule has 2 aliphatic heterocycles. The minimum Gasteiger partial charge on any atom is -0.381 e. The molecular weight excluding hydrogens is 236 g/mol. The fourth-order valence-corrected chi connectivity index (χ4v) is 4.70. The molecule has 1 aliphatic carbocycles. The van der Waals surface area contributed by atoms with Gasteiger partial charge in [0.15, 0.2) is 0 Å². The lowest BCUT2D eigenvalue weighted by atomic mass is 9.78. The lowest BCUT2D eigenvalue weighted by molar-refractivity contribution is -0.00899. The molecule has 1 N–H and O–H groups in total. The molecule has 2 saturated heterocycles. The highest BCUT2D eigenvalue weighted by Crippen LogP contribution is 2.39. The van der Waals surface area contributed by atoms with Crippen LogP contribution in [0.3, 0.4) is 0 Å². The number of rotatable bonds is 4. The third-order valence-corrected chi connectivity index (χ3v) is 5.77. The van der Waals surface area contributed by atoms with Gasteiger partial charge in [-0.2, -0.15) is 0 Å². The molecule has 0 amide bonds. The summed E-state index contributed by atoms with van der Waals surface area (Å²) in [5.74, 6) is 1.01. The fraction of sp³-hybridized carbons (Fsp3) is 1.00. The van der Waals surface area contributed by atoms with Crippen LogP contribution in [0, 0.1) is 11.3 Å². The summed E-state index contributed by atoms with van der Waals surface area (Å²) in [6.45, 7) is 5.73. The van der Waals surface area contributed by atoms with Crippen molar-refractivity contribution in [3.05, 3.63) is 0 Å². The fourth-order valence-electron chi connectivity index (χ4n) is 4.70. The third-order valence-electron chi connectivity index (χ3n) is 5.77. The molecule has 3 rings (SSSR count). The summed E-state index contributed by atoms with van der Waals surface area (Å²) in [5, 5.41) is 3.44. The summed E-state index contributed by atoms with van der Waals surface area (Å²) < 4.78 is 5.60. The third kappa shape index (κ3) is 2.98. The van der Waals surface area contributed by atoms with Crippen molar-refractivity contribution < 1.29 is 4.74 Å². The number of fused-ring (bicyclic) bond motifs is 1. The van der Waals surface area contributed by atoms with Gasteiger partial charge in [-0.05, 0) is 57.0 Å². The van der Waals surface area contributed by atoms with E-state index in [2.05, 4.69) is 17.3 Å². The first-order valence-corrected chi connectivity index (χ1v) is 8.29. The number of hydrogen-bond donors (Lipinski definition) is 1. The molecule has 0 aromatic heterocycles. The standard InChI is InChI=1S/C16H30N2O/c1-17-12-16(7-10-19-11-8-16)13-18-9-6-14-4-2-3-5-15(14)18/h14-15,17H,2-13H2,1H3. The average molecular weight is 266 g/mol. The van der Waals surface area contributed by atoms with E-state index in [9.17, 15) is 0 Å². The van der Waals surface area contributed by atoms with Crippen molar-refractivity contribution in [2.75, 3.05) is 39.9 Å². The molecule has 1 saturated carbocycles. The molecule has 0 radical (unpaired) electrons. The van der Waals surface area contributed by atoms with E-state index in [0.29, 0.717) is 5.41 Å². The maximum atomic E-state index is 5.60. The smallest absolute Gasteiger partial charge is 0.0472 e. The summed E-state index contributed by atoms with van der Waals surface area (Å²) in [6.07, 6.45) is 9.81. The first-order chi connectivity index (χ1) is 9.33. The summed E-state index contributed by atoms with van der Waals surface area (Å²) in [7, 11) is 2.10. The number of nitrogens with one attached hydrogen (secondary N) is 1. The van der Waals surface area contributed by atoms with E-state index in [1.165, 1.54) is 58.0 Å². The van der Waals surface area contributed by atoms with Gasteiger partial charge in [-0.1, -0.05) is 12.8 Å². The van der Waals surface area contributed by atoms with Crippen LogP contribution in [-0.4, -0.2) is 50.8 Å². The topological polar surface area (TPSA) is 24.5 Å². The largest absolute Gasteiger partial charge is 0.381 e. The van der Waals surface area contributed by atoms with Crippen LogP contribution < -0.4 is 5.32 Å². The summed E-state index contributed by atoms with van der Waals surface area (Å²) in [4.78, 5) is 2.84. The van der Waals surface area contributed by atoms with Gasteiger partial charge < -0.3 is 10.1 Å². The minimum atomic E-state index is 0.472. The van der Waals surface area contributed by atoms with Crippen LogP contribution in [-0.2, 0) is 4.74 Å². The second kappa shape index (κ2) is 6.11. The van der Waals surface area contributed by atoms with Gasteiger partial charge in [0.25, 0.3) is 0 Å². The van der Waals surface area contributed by atoms with Crippen LogP contribution in [0.15, 0.2) is 0 Å². The molecule has 3 heteroatoms. The normalized spacial score (nSPS) is 35.2. The van der Waals surface area contributed by atoms with Crippen molar-refractivity contribution in [1.82, 2.24) is 10.2 Å². The molecular formula is C16H30N2O. The van der Waals surface area contributed by atoms with Crippen LogP contribution in [0.4, 0.5) is 0 Å². The molecule has 0 aromatic carbocycles. The maximum Gasteiger partial charge on any atom is 0.0472 e. The lowest BCUT2D eigenvalue weighted by Gasteiger charge is -2.43. The maximum absolute atomic E-state index is 5.60. The average Bonchev–Trinajstić information content (AvgIpc) is 2.83. The Kier molecular flexibility index (Phi) is 4.45. The zero-order valence-electron chi connectivity index (χ0n) is 12.5. The van der Waals surface area contributed by atoms with Gasteiger partial charge in [-0.15, -0.1) is 0 Å². The van der Waals surface area contributed by atoms with E-state index >= 15 is 0 Å². The zero-order valence-corrected chi connectivity index (χ0v) is 12.5. The summed E-state index contributed by atoms with van der Waals surface area (Å²) >= 11 is 0. The van der Waals surface area contributed by atoms with Crippen LogP contribution in [0.2, 0.25) is 0 Å². The zero-order chi connectivity index (χ0) is 13.1. The van der Waals surface area contributed by atoms with Crippen LogP contribution in [0.25, 0.3) is 0 Å². The monoisotopic (exact) mass is 266 g/mol. The number of ether oxygens (including phenoxy) is 1. The van der Waals surface area contributed by atoms with E-state index in [1.807, 2.05) is 0 Å². The first-order valence-electron chi connectivity index (χ1n) is 8.29. The molecule has 0 spiro atoms. The Hall–Kier alpha value is -0.120. The van der Waals surface area contributed by atoms with Gasteiger partial charge in [0.05, 0.1) is 0 Å². The van der Waals surface area contributed by atoms with Gasteiger partial charge in [0, 0.05) is 32.3 Å². The molecule has 3 aliphatic rings. The van der Waals surface area contributed by atoms with Crippen molar-refractivity contribution in [3.63, 3.8) is 0 Å². The van der Waals surface area contributed by atoms with Gasteiger partial charge in [0.1, 0.15) is 0 Å². The quantitative estimate of drug-likeness (QED) is 0.845. The van der Waals surface area contributed by atoms with E-state index in [0.717, 1.165) is 31.7 Å². The predicted molar refractivity (Wildman–Crippen MR) is 78.3 cm³/mol. The van der Waals surface area contributed by atoms with Crippen molar-refractivity contribution >= 4 is 0 Å². The van der Waals surface area contributed by atoms with Gasteiger partial charge in [-0.25, -0.2) is 0 Å². The number of hydrogen-bond acceptors (Lipinski definition) is 3. The Morgan fingerprint density at radius 2 is 1.95 bits per heavy atom. The summed E-state index contributed by atoms with van der Waals surface area (Å²) in [6, 6.07) is 0.908. The van der Waals surface area contributed by atoms with E-state index < -0.39 is 0 Å². The molecule has 3 fully saturated rings. The molecule has 0 aromatic rings. The van der Waals surface area contributed by atoms with Crippen LogP contribution >= 0.6 is 0 Å². The van der Waals surface area contributed by atoms with E-state index in [1.54, 1.807) is 0 Å². The molecule has 3 nitrogen and oxygen atoms in total. The van der Waals surface area contributed by atoms with Gasteiger partial charge >= 0.3 is 0 Å². The van der Waals surface area contributed by atoms with E-state index in [4.69, 9.17) is 4.74 Å². The van der Waals surface area contributed by atoms with Crippen LogP contribution in [0.1, 0.15) is 44.9 Å². The Balaban J connectivity index is 1.64. The van der Waals surface area contributed by atoms with Crippen molar-refractivity contribution in [1.29, 1.82) is 0 Å². The SMILES string of the molecule is CNCC1(CN2CCC3CCCCC32)CCOCC1. The van der Waals surface area contributed by atoms with Crippen molar-refractivity contribution in [2.24, 2.45) is 11.3 Å². The van der Waals surface area contributed by atoms with E-state index in [-0.39, 0.29) is 0 Å². The van der Waals surface area contributed by atoms with Gasteiger partial charge in [0.2, 0.25) is 0 Å². The molecule has 2 unspecified atom stereocenters. The summed E-state index contributed by atoms with van der Waals surface area (Å²) in [5.41, 5.74) is 0.472. The van der Waals surface area contributed by atoms with Crippen LogP contribution in [0.5, 0.6) is 0 Å².